The second-order valence-electron chi connectivity index (χ2n) is 6.82. The number of aryl methyl sites for hydroxylation is 1. The van der Waals surface area contributed by atoms with Gasteiger partial charge in [0.2, 0.25) is 0 Å². The van der Waals surface area contributed by atoms with Crippen molar-refractivity contribution in [1.82, 2.24) is 14.7 Å². The van der Waals surface area contributed by atoms with Crippen molar-refractivity contribution >= 4 is 22.4 Å². The normalized spacial score (nSPS) is 17.2. The molecule has 0 unspecified atom stereocenters. The van der Waals surface area contributed by atoms with E-state index in [1.807, 2.05) is 34.1 Å². The largest absolute Gasteiger partial charge is 0.323 e. The number of carbonyl (C=O) groups excluding carboxylic acids is 1. The van der Waals surface area contributed by atoms with Crippen LogP contribution < -0.4 is 5.32 Å². The summed E-state index contributed by atoms with van der Waals surface area (Å²) in [6.45, 7) is 0.630. The van der Waals surface area contributed by atoms with Crippen molar-refractivity contribution < 1.29 is 4.79 Å². The SMILES string of the molecule is Cn1nc(CN(C(=O)Nc2cccs2)C2CCCC2)c2c1CCC2. The number of fused-ring (bicyclic) bond motifs is 1. The van der Waals surface area contributed by atoms with Gasteiger partial charge in [0.15, 0.2) is 0 Å². The van der Waals surface area contributed by atoms with Crippen LogP contribution in [0.3, 0.4) is 0 Å². The van der Waals surface area contributed by atoms with Crippen LogP contribution in [0.25, 0.3) is 0 Å². The number of thiophene rings is 1. The molecule has 0 aliphatic heterocycles. The van der Waals surface area contributed by atoms with E-state index in [4.69, 9.17) is 5.10 Å². The quantitative estimate of drug-likeness (QED) is 0.913. The topological polar surface area (TPSA) is 50.2 Å². The number of urea groups is 1. The van der Waals surface area contributed by atoms with Crippen LogP contribution in [0.15, 0.2) is 17.5 Å². The standard InChI is InChI=1S/C18H24N4OS/c1-21-16-9-4-8-14(16)15(20-21)12-22(13-6-2-3-7-13)18(23)19-17-10-5-11-24-17/h5,10-11,13H,2-4,6-9,12H2,1H3,(H,19,23). The summed E-state index contributed by atoms with van der Waals surface area (Å²) < 4.78 is 2.02. The van der Waals surface area contributed by atoms with Gasteiger partial charge < -0.3 is 4.90 Å². The maximum atomic E-state index is 12.9. The molecule has 0 radical (unpaired) electrons. The molecule has 2 aliphatic rings. The highest BCUT2D eigenvalue weighted by atomic mass is 32.1. The van der Waals surface area contributed by atoms with Crippen molar-refractivity contribution in [3.05, 3.63) is 34.5 Å². The third-order valence-corrected chi connectivity index (χ3v) is 6.08. The second kappa shape index (κ2) is 6.59. The summed E-state index contributed by atoms with van der Waals surface area (Å²) >= 11 is 1.56. The lowest BCUT2D eigenvalue weighted by molar-refractivity contribution is 0.183. The van der Waals surface area contributed by atoms with Gasteiger partial charge in [0.25, 0.3) is 0 Å². The number of aromatic nitrogens is 2. The zero-order valence-corrected chi connectivity index (χ0v) is 14.9. The van der Waals surface area contributed by atoms with E-state index in [2.05, 4.69) is 5.32 Å². The summed E-state index contributed by atoms with van der Waals surface area (Å²) in [7, 11) is 2.03. The lowest BCUT2D eigenvalue weighted by Gasteiger charge is -2.28. The molecule has 1 fully saturated rings. The zero-order valence-electron chi connectivity index (χ0n) is 14.1. The monoisotopic (exact) mass is 344 g/mol. The Bertz CT molecular complexity index is 716. The minimum Gasteiger partial charge on any atom is -0.316 e. The van der Waals surface area contributed by atoms with Crippen LogP contribution in [0.2, 0.25) is 0 Å². The van der Waals surface area contributed by atoms with E-state index >= 15 is 0 Å². The number of anilines is 1. The number of hydrogen-bond donors (Lipinski definition) is 1. The molecule has 0 atom stereocenters. The molecule has 2 amide bonds. The second-order valence-corrected chi connectivity index (χ2v) is 7.77. The van der Waals surface area contributed by atoms with Crippen LogP contribution in [0.5, 0.6) is 0 Å². The minimum absolute atomic E-state index is 0.0155. The van der Waals surface area contributed by atoms with Crippen molar-refractivity contribution in [2.24, 2.45) is 7.05 Å². The molecule has 4 rings (SSSR count). The first-order valence-electron chi connectivity index (χ1n) is 8.87. The van der Waals surface area contributed by atoms with E-state index < -0.39 is 0 Å². The zero-order chi connectivity index (χ0) is 16.5. The van der Waals surface area contributed by atoms with Crippen LogP contribution in [0, 0.1) is 0 Å². The Morgan fingerprint density at radius 2 is 2.21 bits per heavy atom. The molecule has 2 aromatic heterocycles. The van der Waals surface area contributed by atoms with Gasteiger partial charge in [0, 0.05) is 18.8 Å². The summed E-state index contributed by atoms with van der Waals surface area (Å²) in [5.74, 6) is 0. The van der Waals surface area contributed by atoms with Gasteiger partial charge in [-0.05, 0) is 55.2 Å². The fourth-order valence-electron chi connectivity index (χ4n) is 4.10. The summed E-state index contributed by atoms with van der Waals surface area (Å²) in [6, 6.07) is 4.27. The molecular weight excluding hydrogens is 320 g/mol. The number of carbonyl (C=O) groups is 1. The molecule has 6 heteroatoms. The van der Waals surface area contributed by atoms with Crippen molar-refractivity contribution in [2.45, 2.75) is 57.5 Å². The van der Waals surface area contributed by atoms with Crippen LogP contribution in [-0.4, -0.2) is 26.8 Å². The van der Waals surface area contributed by atoms with E-state index in [1.165, 1.54) is 30.5 Å². The van der Waals surface area contributed by atoms with Gasteiger partial charge in [0.1, 0.15) is 0 Å². The molecule has 0 aromatic carbocycles. The maximum Gasteiger partial charge on any atom is 0.323 e. The number of nitrogens with zero attached hydrogens (tertiary/aromatic N) is 3. The molecule has 0 spiro atoms. The fourth-order valence-corrected chi connectivity index (χ4v) is 4.70. The van der Waals surface area contributed by atoms with E-state index in [0.29, 0.717) is 12.6 Å². The van der Waals surface area contributed by atoms with Crippen molar-refractivity contribution in [3.63, 3.8) is 0 Å². The van der Waals surface area contributed by atoms with Crippen molar-refractivity contribution in [3.8, 4) is 0 Å². The molecule has 128 valence electrons. The molecular formula is C18H24N4OS. The van der Waals surface area contributed by atoms with Gasteiger partial charge in [-0.3, -0.25) is 10.00 Å². The first kappa shape index (κ1) is 15.7. The average Bonchev–Trinajstić information content (AvgIpc) is 3.34. The molecule has 5 nitrogen and oxygen atoms in total. The Balaban J connectivity index is 1.56. The smallest absolute Gasteiger partial charge is 0.316 e. The van der Waals surface area contributed by atoms with E-state index in [9.17, 15) is 4.79 Å². The fraction of sp³-hybridized carbons (Fsp3) is 0.556. The summed E-state index contributed by atoms with van der Waals surface area (Å²) in [4.78, 5) is 14.9. The third-order valence-electron chi connectivity index (χ3n) is 5.30. The first-order valence-corrected chi connectivity index (χ1v) is 9.75. The summed E-state index contributed by atoms with van der Waals surface area (Å²) in [5.41, 5.74) is 3.83. The van der Waals surface area contributed by atoms with Crippen LogP contribution in [0.1, 0.15) is 49.1 Å². The van der Waals surface area contributed by atoms with E-state index in [0.717, 1.165) is 36.4 Å². The Kier molecular flexibility index (Phi) is 4.31. The summed E-state index contributed by atoms with van der Waals surface area (Å²) in [5, 5.41) is 10.7. The number of hydrogen-bond acceptors (Lipinski definition) is 3. The molecule has 1 saturated carbocycles. The molecule has 1 N–H and O–H groups in total. The predicted octanol–water partition coefficient (Wildman–Crippen LogP) is 3.95. The Hall–Kier alpha value is -1.82. The van der Waals surface area contributed by atoms with Crippen LogP contribution in [-0.2, 0) is 26.4 Å². The Morgan fingerprint density at radius 1 is 1.38 bits per heavy atom. The van der Waals surface area contributed by atoms with Crippen molar-refractivity contribution in [2.75, 3.05) is 5.32 Å². The van der Waals surface area contributed by atoms with Crippen LogP contribution >= 0.6 is 11.3 Å². The van der Waals surface area contributed by atoms with Gasteiger partial charge >= 0.3 is 6.03 Å². The summed E-state index contributed by atoms with van der Waals surface area (Å²) in [6.07, 6.45) is 8.06. The lowest BCUT2D eigenvalue weighted by Crippen LogP contribution is -2.41. The molecule has 24 heavy (non-hydrogen) atoms. The average molecular weight is 344 g/mol. The predicted molar refractivity (Wildman–Crippen MR) is 96.4 cm³/mol. The molecule has 2 aliphatic carbocycles. The molecule has 2 heterocycles. The lowest BCUT2D eigenvalue weighted by atomic mass is 10.1. The maximum absolute atomic E-state index is 12.9. The number of nitrogens with one attached hydrogen (secondary N) is 1. The molecule has 2 aromatic rings. The number of rotatable bonds is 4. The highest BCUT2D eigenvalue weighted by Crippen LogP contribution is 2.30. The Morgan fingerprint density at radius 3 is 2.96 bits per heavy atom. The Labute approximate surface area is 146 Å². The molecule has 0 bridgehead atoms. The highest BCUT2D eigenvalue weighted by Gasteiger charge is 2.30. The van der Waals surface area contributed by atoms with Gasteiger partial charge in [-0.25, -0.2) is 4.79 Å². The highest BCUT2D eigenvalue weighted by molar-refractivity contribution is 7.14. The van der Waals surface area contributed by atoms with Crippen molar-refractivity contribution in [1.29, 1.82) is 0 Å². The van der Waals surface area contributed by atoms with E-state index in [1.54, 1.807) is 11.3 Å². The van der Waals surface area contributed by atoms with Gasteiger partial charge in [0.05, 0.1) is 17.2 Å². The van der Waals surface area contributed by atoms with Gasteiger partial charge in [-0.15, -0.1) is 11.3 Å². The molecule has 0 saturated heterocycles. The third kappa shape index (κ3) is 2.95. The first-order chi connectivity index (χ1) is 11.7. The number of amides is 2. The van der Waals surface area contributed by atoms with Crippen LogP contribution in [0.4, 0.5) is 9.80 Å². The van der Waals surface area contributed by atoms with E-state index in [-0.39, 0.29) is 6.03 Å². The minimum atomic E-state index is 0.0155. The van der Waals surface area contributed by atoms with Gasteiger partial charge in [-0.1, -0.05) is 12.8 Å². The van der Waals surface area contributed by atoms with Gasteiger partial charge in [-0.2, -0.15) is 5.10 Å².